The first-order chi connectivity index (χ1) is 15.1. The van der Waals surface area contributed by atoms with Gasteiger partial charge in [0.05, 0.1) is 18.3 Å². The standard InChI is InChI=1S/C23H31N5O3/c24-22(30)20(28-10-3-5-15-4-1-2-6-19(15)28)9-11-31-17-7-8-18-16(12-17)13-27-14-21(29)26-23(27)25-18/h7-8,12,15,19-20H,1-6,9-11,13-14H2,(H2,24,30)(H,25,26,29). The molecule has 3 N–H and O–H groups in total. The lowest BCUT2D eigenvalue weighted by Crippen LogP contribution is -2.56. The van der Waals surface area contributed by atoms with Crippen molar-refractivity contribution in [2.75, 3.05) is 19.7 Å². The number of nitrogens with two attached hydrogens (primary N) is 1. The Morgan fingerprint density at radius 1 is 1.23 bits per heavy atom. The summed E-state index contributed by atoms with van der Waals surface area (Å²) in [5.74, 6) is 1.82. The predicted molar refractivity (Wildman–Crippen MR) is 117 cm³/mol. The molecule has 0 radical (unpaired) electrons. The Kier molecular flexibility index (Phi) is 5.56. The van der Waals surface area contributed by atoms with E-state index in [1.54, 1.807) is 0 Å². The summed E-state index contributed by atoms with van der Waals surface area (Å²) < 4.78 is 6.03. The topological polar surface area (TPSA) is 100 Å². The Bertz CT molecular complexity index is 899. The number of hydrogen-bond acceptors (Lipinski definition) is 6. The van der Waals surface area contributed by atoms with E-state index in [0.29, 0.717) is 44.0 Å². The molecule has 1 saturated carbocycles. The van der Waals surface area contributed by atoms with Crippen LogP contribution in [0.3, 0.4) is 0 Å². The summed E-state index contributed by atoms with van der Waals surface area (Å²) in [5.41, 5.74) is 7.72. The lowest BCUT2D eigenvalue weighted by atomic mass is 9.77. The van der Waals surface area contributed by atoms with Crippen LogP contribution in [0.2, 0.25) is 0 Å². The van der Waals surface area contributed by atoms with Crippen LogP contribution in [0.15, 0.2) is 23.2 Å². The molecule has 2 amide bonds. The van der Waals surface area contributed by atoms with Gasteiger partial charge in [-0.3, -0.25) is 19.8 Å². The molecule has 0 aromatic heterocycles. The molecule has 1 aromatic rings. The smallest absolute Gasteiger partial charge is 0.246 e. The van der Waals surface area contributed by atoms with Crippen LogP contribution >= 0.6 is 0 Å². The third-order valence-electron chi connectivity index (χ3n) is 7.20. The fraction of sp³-hybridized carbons (Fsp3) is 0.609. The van der Waals surface area contributed by atoms with E-state index in [1.807, 2.05) is 23.1 Å². The third kappa shape index (κ3) is 4.13. The summed E-state index contributed by atoms with van der Waals surface area (Å²) in [4.78, 5) is 32.7. The number of likely N-dealkylation sites (tertiary alicyclic amines) is 1. The molecule has 3 fully saturated rings. The first-order valence-electron chi connectivity index (χ1n) is 11.5. The number of benzene rings is 1. The highest BCUT2D eigenvalue weighted by Gasteiger charge is 2.38. The molecule has 31 heavy (non-hydrogen) atoms. The highest BCUT2D eigenvalue weighted by atomic mass is 16.5. The normalized spacial score (nSPS) is 26.3. The minimum atomic E-state index is -0.266. The molecular weight excluding hydrogens is 394 g/mol. The molecule has 4 aliphatic rings. The molecule has 5 rings (SSSR count). The SMILES string of the molecule is NC(=O)C(CCOc1ccc2c(c1)CN1CC(=O)NC1=N2)N1CCCC2CCCCC21. The van der Waals surface area contributed by atoms with Crippen LogP contribution in [0, 0.1) is 5.92 Å². The van der Waals surface area contributed by atoms with Crippen molar-refractivity contribution in [2.24, 2.45) is 16.6 Å². The average Bonchev–Trinajstić information content (AvgIpc) is 3.13. The lowest BCUT2D eigenvalue weighted by Gasteiger charge is -2.46. The van der Waals surface area contributed by atoms with Crippen molar-refractivity contribution in [3.05, 3.63) is 23.8 Å². The van der Waals surface area contributed by atoms with E-state index in [0.717, 1.165) is 30.0 Å². The second-order valence-electron chi connectivity index (χ2n) is 9.18. The number of carbonyl (C=O) groups excluding carboxylic acids is 2. The molecule has 2 saturated heterocycles. The maximum atomic E-state index is 12.3. The van der Waals surface area contributed by atoms with Crippen molar-refractivity contribution < 1.29 is 14.3 Å². The molecule has 3 heterocycles. The zero-order valence-corrected chi connectivity index (χ0v) is 17.9. The van der Waals surface area contributed by atoms with Crippen LogP contribution in [0.4, 0.5) is 5.69 Å². The number of nitrogens with zero attached hydrogens (tertiary/aromatic N) is 3. The average molecular weight is 426 g/mol. The number of piperidine rings is 1. The molecule has 0 spiro atoms. The number of ether oxygens (including phenoxy) is 1. The Hall–Kier alpha value is -2.61. The van der Waals surface area contributed by atoms with Gasteiger partial charge in [-0.2, -0.15) is 0 Å². The van der Waals surface area contributed by atoms with Crippen molar-refractivity contribution in [3.63, 3.8) is 0 Å². The number of hydrogen-bond donors (Lipinski definition) is 2. The fourth-order valence-corrected chi connectivity index (χ4v) is 5.74. The maximum absolute atomic E-state index is 12.3. The van der Waals surface area contributed by atoms with E-state index < -0.39 is 0 Å². The molecule has 1 aliphatic carbocycles. The van der Waals surface area contributed by atoms with Gasteiger partial charge in [0.1, 0.15) is 12.3 Å². The van der Waals surface area contributed by atoms with Gasteiger partial charge in [0.25, 0.3) is 0 Å². The Labute approximate surface area is 182 Å². The van der Waals surface area contributed by atoms with E-state index in [-0.39, 0.29) is 17.9 Å². The number of amides is 2. The van der Waals surface area contributed by atoms with E-state index in [2.05, 4.69) is 15.2 Å². The largest absolute Gasteiger partial charge is 0.494 e. The minimum Gasteiger partial charge on any atom is -0.494 e. The van der Waals surface area contributed by atoms with E-state index >= 15 is 0 Å². The Balaban J connectivity index is 1.22. The number of fused-ring (bicyclic) bond motifs is 3. The van der Waals surface area contributed by atoms with E-state index in [4.69, 9.17) is 10.5 Å². The van der Waals surface area contributed by atoms with Gasteiger partial charge in [-0.25, -0.2) is 4.99 Å². The fourth-order valence-electron chi connectivity index (χ4n) is 5.74. The summed E-state index contributed by atoms with van der Waals surface area (Å²) in [6.07, 6.45) is 8.04. The number of rotatable bonds is 6. The quantitative estimate of drug-likeness (QED) is 0.725. The van der Waals surface area contributed by atoms with Gasteiger partial charge < -0.3 is 15.4 Å². The zero-order chi connectivity index (χ0) is 21.4. The molecule has 3 aliphatic heterocycles. The summed E-state index contributed by atoms with van der Waals surface area (Å²) >= 11 is 0. The molecule has 8 nitrogen and oxygen atoms in total. The van der Waals surface area contributed by atoms with Gasteiger partial charge in [0.15, 0.2) is 0 Å². The Morgan fingerprint density at radius 2 is 2.06 bits per heavy atom. The molecule has 8 heteroatoms. The van der Waals surface area contributed by atoms with Crippen molar-refractivity contribution >= 4 is 23.5 Å². The van der Waals surface area contributed by atoms with Crippen molar-refractivity contribution in [1.82, 2.24) is 15.1 Å². The summed E-state index contributed by atoms with van der Waals surface area (Å²) in [7, 11) is 0. The number of nitrogens with one attached hydrogen (secondary N) is 1. The highest BCUT2D eigenvalue weighted by Crippen LogP contribution is 2.37. The third-order valence-corrected chi connectivity index (χ3v) is 7.20. The van der Waals surface area contributed by atoms with Crippen LogP contribution in [0.25, 0.3) is 0 Å². The molecule has 3 unspecified atom stereocenters. The molecule has 3 atom stereocenters. The zero-order valence-electron chi connectivity index (χ0n) is 17.9. The summed E-state index contributed by atoms with van der Waals surface area (Å²) in [5, 5.41) is 2.78. The Morgan fingerprint density at radius 3 is 2.94 bits per heavy atom. The molecule has 166 valence electrons. The van der Waals surface area contributed by atoms with Crippen molar-refractivity contribution in [1.29, 1.82) is 0 Å². The van der Waals surface area contributed by atoms with Crippen LogP contribution < -0.4 is 15.8 Å². The second-order valence-corrected chi connectivity index (χ2v) is 9.18. The summed E-state index contributed by atoms with van der Waals surface area (Å²) in [6, 6.07) is 6.02. The van der Waals surface area contributed by atoms with Gasteiger partial charge in [-0.05, 0) is 56.3 Å². The van der Waals surface area contributed by atoms with Crippen molar-refractivity contribution in [3.8, 4) is 5.75 Å². The van der Waals surface area contributed by atoms with Crippen LogP contribution in [0.1, 0.15) is 50.5 Å². The van der Waals surface area contributed by atoms with Crippen LogP contribution in [-0.4, -0.2) is 59.4 Å². The summed E-state index contributed by atoms with van der Waals surface area (Å²) in [6.45, 7) is 2.36. The van der Waals surface area contributed by atoms with E-state index in [9.17, 15) is 9.59 Å². The highest BCUT2D eigenvalue weighted by molar-refractivity contribution is 6.05. The number of carbonyl (C=O) groups is 2. The van der Waals surface area contributed by atoms with E-state index in [1.165, 1.54) is 32.1 Å². The molecular formula is C23H31N5O3. The number of aliphatic imine (C=N–C) groups is 1. The lowest BCUT2D eigenvalue weighted by molar-refractivity contribution is -0.126. The van der Waals surface area contributed by atoms with Gasteiger partial charge >= 0.3 is 0 Å². The van der Waals surface area contributed by atoms with Gasteiger partial charge in [-0.15, -0.1) is 0 Å². The minimum absolute atomic E-state index is 0.0292. The van der Waals surface area contributed by atoms with Gasteiger partial charge in [0, 0.05) is 24.6 Å². The van der Waals surface area contributed by atoms with Gasteiger partial charge in [0.2, 0.25) is 17.8 Å². The van der Waals surface area contributed by atoms with Crippen LogP contribution in [-0.2, 0) is 16.1 Å². The second kappa shape index (κ2) is 8.49. The number of guanidine groups is 1. The molecule has 0 bridgehead atoms. The van der Waals surface area contributed by atoms with Crippen LogP contribution in [0.5, 0.6) is 5.75 Å². The number of primary amides is 1. The van der Waals surface area contributed by atoms with Crippen molar-refractivity contribution in [2.45, 2.75) is 63.6 Å². The first-order valence-corrected chi connectivity index (χ1v) is 11.5. The predicted octanol–water partition coefficient (Wildman–Crippen LogP) is 1.90. The maximum Gasteiger partial charge on any atom is 0.246 e. The monoisotopic (exact) mass is 425 g/mol. The molecule has 1 aromatic carbocycles. The van der Waals surface area contributed by atoms with Gasteiger partial charge in [-0.1, -0.05) is 12.8 Å². The first kappa shape index (κ1) is 20.3.